The van der Waals surface area contributed by atoms with Crippen LogP contribution in [0.5, 0.6) is 0 Å². The Morgan fingerprint density at radius 1 is 1.00 bits per heavy atom. The average Bonchev–Trinajstić information content (AvgIpc) is 2.78. The summed E-state index contributed by atoms with van der Waals surface area (Å²) in [5, 5.41) is 2.58. The van der Waals surface area contributed by atoms with Crippen molar-refractivity contribution in [2.75, 3.05) is 20.3 Å². The van der Waals surface area contributed by atoms with E-state index in [-0.39, 0.29) is 24.8 Å². The van der Waals surface area contributed by atoms with Crippen molar-refractivity contribution >= 4 is 17.7 Å². The summed E-state index contributed by atoms with van der Waals surface area (Å²) in [7, 11) is 1.47. The molecule has 0 radical (unpaired) electrons. The van der Waals surface area contributed by atoms with E-state index in [0.29, 0.717) is 34.4 Å². The van der Waals surface area contributed by atoms with E-state index < -0.39 is 12.3 Å². The van der Waals surface area contributed by atoms with Gasteiger partial charge in [-0.15, -0.1) is 0 Å². The molecule has 1 aliphatic carbocycles. The first-order chi connectivity index (χ1) is 14.5. The molecule has 0 fully saturated rings. The number of nitrogens with one attached hydrogen (secondary N) is 1. The molecule has 30 heavy (non-hydrogen) atoms. The number of ketones is 2. The summed E-state index contributed by atoms with van der Waals surface area (Å²) in [5.41, 5.74) is 2.08. The van der Waals surface area contributed by atoms with E-state index in [0.717, 1.165) is 12.8 Å². The number of carbonyl (C=O) groups is 3. The highest BCUT2D eigenvalue weighted by molar-refractivity contribution is 6.28. The van der Waals surface area contributed by atoms with Gasteiger partial charge in [-0.3, -0.25) is 14.9 Å². The third-order valence-corrected chi connectivity index (χ3v) is 4.83. The first kappa shape index (κ1) is 21.7. The minimum absolute atomic E-state index is 0.0463. The van der Waals surface area contributed by atoms with Gasteiger partial charge in [0.1, 0.15) is 6.61 Å². The van der Waals surface area contributed by atoms with E-state index in [1.807, 2.05) is 0 Å². The summed E-state index contributed by atoms with van der Waals surface area (Å²) in [5.74, 6) is -0.397. The van der Waals surface area contributed by atoms with Crippen LogP contribution in [0.25, 0.3) is 0 Å². The minimum Gasteiger partial charge on any atom is -0.445 e. The van der Waals surface area contributed by atoms with Crippen molar-refractivity contribution in [3.05, 3.63) is 70.3 Å². The third-order valence-electron chi connectivity index (χ3n) is 4.83. The molecule has 0 bridgehead atoms. The Morgan fingerprint density at radius 2 is 1.67 bits per heavy atom. The van der Waals surface area contributed by atoms with Gasteiger partial charge in [-0.1, -0.05) is 43.7 Å². The van der Waals surface area contributed by atoms with Gasteiger partial charge in [-0.25, -0.2) is 4.79 Å². The van der Waals surface area contributed by atoms with Crippen LogP contribution in [-0.2, 0) is 20.8 Å². The van der Waals surface area contributed by atoms with Crippen molar-refractivity contribution in [2.24, 2.45) is 0 Å². The normalized spacial score (nSPS) is 13.4. The summed E-state index contributed by atoms with van der Waals surface area (Å²) in [4.78, 5) is 37.5. The van der Waals surface area contributed by atoms with E-state index in [1.54, 1.807) is 42.5 Å². The quantitative estimate of drug-likeness (QED) is 0.428. The van der Waals surface area contributed by atoms with Crippen molar-refractivity contribution in [1.82, 2.24) is 5.32 Å². The molecule has 7 nitrogen and oxygen atoms in total. The van der Waals surface area contributed by atoms with Crippen LogP contribution >= 0.6 is 0 Å². The summed E-state index contributed by atoms with van der Waals surface area (Å²) in [6.07, 6.45) is 0.679. The lowest BCUT2D eigenvalue weighted by molar-refractivity contribution is -0.0109. The van der Waals surface area contributed by atoms with Gasteiger partial charge >= 0.3 is 6.09 Å². The number of fused-ring (bicyclic) bond motifs is 2. The highest BCUT2D eigenvalue weighted by atomic mass is 16.6. The maximum atomic E-state index is 12.8. The SMILES string of the molecule is CCCCOCC(NC(=O)OCc1ccc2c(c1)C(=O)c1ccccc1C2=O)OC. The van der Waals surface area contributed by atoms with Crippen LogP contribution < -0.4 is 5.32 Å². The van der Waals surface area contributed by atoms with Crippen LogP contribution in [0, 0.1) is 0 Å². The first-order valence-electron chi connectivity index (χ1n) is 9.90. The zero-order chi connectivity index (χ0) is 21.5. The number of hydrogen-bond donors (Lipinski definition) is 1. The molecule has 0 saturated heterocycles. The molecule has 0 spiro atoms. The van der Waals surface area contributed by atoms with Crippen LogP contribution in [0.4, 0.5) is 4.79 Å². The number of carbonyl (C=O) groups excluding carboxylic acids is 3. The number of alkyl carbamates (subject to hydrolysis) is 1. The Balaban J connectivity index is 1.60. The largest absolute Gasteiger partial charge is 0.445 e. The van der Waals surface area contributed by atoms with Gasteiger partial charge in [0.2, 0.25) is 0 Å². The number of methoxy groups -OCH3 is 1. The van der Waals surface area contributed by atoms with Gasteiger partial charge < -0.3 is 14.2 Å². The topological polar surface area (TPSA) is 90.9 Å². The Hall–Kier alpha value is -3.03. The standard InChI is InChI=1S/C23H25NO6/c1-3-4-11-29-14-20(28-2)24-23(27)30-13-15-9-10-18-19(12-15)22(26)17-8-6-5-7-16(17)21(18)25/h5-10,12,20H,3-4,11,13-14H2,1-2H3,(H,24,27). The van der Waals surface area contributed by atoms with Crippen molar-refractivity contribution in [1.29, 1.82) is 0 Å². The van der Waals surface area contributed by atoms with E-state index in [2.05, 4.69) is 12.2 Å². The highest BCUT2D eigenvalue weighted by Gasteiger charge is 2.29. The van der Waals surface area contributed by atoms with Crippen molar-refractivity contribution < 1.29 is 28.6 Å². The van der Waals surface area contributed by atoms with Crippen molar-refractivity contribution in [2.45, 2.75) is 32.6 Å². The lowest BCUT2D eigenvalue weighted by Gasteiger charge is -2.19. The zero-order valence-electron chi connectivity index (χ0n) is 17.1. The molecule has 1 atom stereocenters. The van der Waals surface area contributed by atoms with E-state index >= 15 is 0 Å². The monoisotopic (exact) mass is 411 g/mol. The number of hydrogen-bond acceptors (Lipinski definition) is 6. The van der Waals surface area contributed by atoms with Gasteiger partial charge in [0.25, 0.3) is 0 Å². The Bertz CT molecular complexity index is 939. The molecule has 2 aromatic carbocycles. The van der Waals surface area contributed by atoms with Crippen molar-refractivity contribution in [3.63, 3.8) is 0 Å². The lowest BCUT2D eigenvalue weighted by atomic mass is 9.83. The Kier molecular flexibility index (Phi) is 7.32. The molecule has 1 amide bonds. The van der Waals surface area contributed by atoms with Crippen molar-refractivity contribution in [3.8, 4) is 0 Å². The van der Waals surface area contributed by atoms with Crippen LogP contribution in [-0.4, -0.2) is 44.2 Å². The second-order valence-electron chi connectivity index (χ2n) is 6.96. The van der Waals surface area contributed by atoms with E-state index in [4.69, 9.17) is 14.2 Å². The van der Waals surface area contributed by atoms with Crippen LogP contribution in [0.3, 0.4) is 0 Å². The molecular formula is C23H25NO6. The second kappa shape index (κ2) is 10.1. The third kappa shape index (κ3) is 4.93. The lowest BCUT2D eigenvalue weighted by Crippen LogP contribution is -2.39. The molecule has 1 N–H and O–H groups in total. The predicted molar refractivity (Wildman–Crippen MR) is 110 cm³/mol. The van der Waals surface area contributed by atoms with Gasteiger partial charge in [0.15, 0.2) is 17.8 Å². The average molecular weight is 411 g/mol. The number of ether oxygens (including phenoxy) is 3. The number of rotatable bonds is 9. The van der Waals surface area contributed by atoms with Crippen LogP contribution in [0.1, 0.15) is 57.2 Å². The fraction of sp³-hybridized carbons (Fsp3) is 0.348. The Morgan fingerprint density at radius 3 is 2.33 bits per heavy atom. The van der Waals surface area contributed by atoms with Gasteiger partial charge in [0.05, 0.1) is 6.61 Å². The molecule has 3 rings (SSSR count). The van der Waals surface area contributed by atoms with Gasteiger partial charge in [0, 0.05) is 36.0 Å². The van der Waals surface area contributed by atoms with Gasteiger partial charge in [-0.05, 0) is 24.1 Å². The van der Waals surface area contributed by atoms with E-state index in [9.17, 15) is 14.4 Å². The molecular weight excluding hydrogens is 386 g/mol. The molecule has 0 saturated carbocycles. The Labute approximate surface area is 175 Å². The first-order valence-corrected chi connectivity index (χ1v) is 9.90. The summed E-state index contributed by atoms with van der Waals surface area (Å²) in [6, 6.07) is 11.6. The zero-order valence-corrected chi connectivity index (χ0v) is 17.1. The van der Waals surface area contributed by atoms with Gasteiger partial charge in [-0.2, -0.15) is 0 Å². The summed E-state index contributed by atoms with van der Waals surface area (Å²) in [6.45, 7) is 2.84. The molecule has 1 unspecified atom stereocenters. The maximum Gasteiger partial charge on any atom is 0.409 e. The molecule has 7 heteroatoms. The number of unbranched alkanes of at least 4 members (excludes halogenated alkanes) is 1. The second-order valence-corrected chi connectivity index (χ2v) is 6.96. The minimum atomic E-state index is -0.661. The molecule has 0 aromatic heterocycles. The fourth-order valence-electron chi connectivity index (χ4n) is 3.16. The maximum absolute atomic E-state index is 12.8. The smallest absolute Gasteiger partial charge is 0.409 e. The number of benzene rings is 2. The predicted octanol–water partition coefficient (Wildman–Crippen LogP) is 3.48. The van der Waals surface area contributed by atoms with Crippen LogP contribution in [0.15, 0.2) is 42.5 Å². The molecule has 0 heterocycles. The fourth-order valence-corrected chi connectivity index (χ4v) is 3.16. The highest BCUT2D eigenvalue weighted by Crippen LogP contribution is 2.28. The molecule has 1 aliphatic rings. The molecule has 2 aromatic rings. The van der Waals surface area contributed by atoms with Crippen LogP contribution in [0.2, 0.25) is 0 Å². The van der Waals surface area contributed by atoms with E-state index in [1.165, 1.54) is 7.11 Å². The number of amides is 1. The summed E-state index contributed by atoms with van der Waals surface area (Å²) >= 11 is 0. The summed E-state index contributed by atoms with van der Waals surface area (Å²) < 4.78 is 15.8. The molecule has 0 aliphatic heterocycles. The molecule has 158 valence electrons.